The molecule has 0 radical (unpaired) electrons. The van der Waals surface area contributed by atoms with E-state index in [1.54, 1.807) is 36.4 Å². The molecule has 0 aliphatic carbocycles. The topological polar surface area (TPSA) is 114 Å². The van der Waals surface area contributed by atoms with Crippen LogP contribution in [0.3, 0.4) is 0 Å². The first-order valence-corrected chi connectivity index (χ1v) is 9.72. The van der Waals surface area contributed by atoms with E-state index in [1.807, 2.05) is 0 Å². The molecule has 3 N–H and O–H groups in total. The number of halogens is 1. The Balaban J connectivity index is 1.82. The molecule has 0 aromatic heterocycles. The maximum absolute atomic E-state index is 12.3. The molecule has 0 spiro atoms. The summed E-state index contributed by atoms with van der Waals surface area (Å²) in [6.45, 7) is 2.93. The molecule has 3 rings (SSSR count). The predicted octanol–water partition coefficient (Wildman–Crippen LogP) is 2.73. The van der Waals surface area contributed by atoms with E-state index in [2.05, 4.69) is 31.9 Å². The maximum atomic E-state index is 12.3. The number of nitrogens with one attached hydrogen (secondary N) is 3. The quantitative estimate of drug-likeness (QED) is 0.267. The summed E-state index contributed by atoms with van der Waals surface area (Å²) in [5.74, 6) is -1.53. The van der Waals surface area contributed by atoms with Gasteiger partial charge in [0.25, 0.3) is 11.8 Å². The zero-order valence-corrected chi connectivity index (χ0v) is 17.8. The van der Waals surface area contributed by atoms with Crippen LogP contribution in [0, 0.1) is 0 Å². The minimum Gasteiger partial charge on any atom is -0.424 e. The highest BCUT2D eigenvalue weighted by atomic mass is 79.9. The summed E-state index contributed by atoms with van der Waals surface area (Å²) in [4.78, 5) is 47.0. The van der Waals surface area contributed by atoms with Crippen LogP contribution in [0.15, 0.2) is 47.1 Å². The van der Waals surface area contributed by atoms with Gasteiger partial charge in [-0.15, -0.1) is 0 Å². The van der Waals surface area contributed by atoms with E-state index in [-0.39, 0.29) is 11.7 Å². The molecule has 1 aliphatic heterocycles. The average molecular weight is 472 g/mol. The van der Waals surface area contributed by atoms with Gasteiger partial charge in [0, 0.05) is 42.2 Å². The van der Waals surface area contributed by atoms with Crippen molar-refractivity contribution in [1.82, 2.24) is 10.6 Å². The van der Waals surface area contributed by atoms with E-state index >= 15 is 0 Å². The Morgan fingerprint density at radius 3 is 2.53 bits per heavy atom. The summed E-state index contributed by atoms with van der Waals surface area (Å²) < 4.78 is 5.91. The number of hydrogen-bond acceptors (Lipinski definition) is 6. The number of rotatable bonds is 5. The van der Waals surface area contributed by atoms with Crippen LogP contribution in [0.5, 0.6) is 5.75 Å². The van der Waals surface area contributed by atoms with Gasteiger partial charge < -0.3 is 15.4 Å². The summed E-state index contributed by atoms with van der Waals surface area (Å²) in [6, 6.07) is 10.1. The number of ether oxygens (including phenoxy) is 1. The number of amides is 3. The Morgan fingerprint density at radius 2 is 1.83 bits per heavy atom. The van der Waals surface area contributed by atoms with Gasteiger partial charge in [-0.1, -0.05) is 22.0 Å². The number of fused-ring (bicyclic) bond motifs is 1. The fraction of sp³-hybridized carbons (Fsp3) is 0.143. The lowest BCUT2D eigenvalue weighted by molar-refractivity contribution is -0.132. The SMILES string of the molecule is CC(=O)Nc1ccc(CNC=C2C(=O)NC(=O)c3ccc(Br)cc32)cc1OC(C)=O. The number of anilines is 1. The monoisotopic (exact) mass is 471 g/mol. The summed E-state index contributed by atoms with van der Waals surface area (Å²) in [5.41, 5.74) is 2.37. The molecule has 1 aliphatic rings. The van der Waals surface area contributed by atoms with Gasteiger partial charge in [-0.05, 0) is 35.9 Å². The molecule has 154 valence electrons. The number of esters is 1. The number of carbonyl (C=O) groups excluding carboxylic acids is 4. The Hall–Kier alpha value is -3.46. The first-order valence-electron chi connectivity index (χ1n) is 8.92. The molecule has 0 bridgehead atoms. The lowest BCUT2D eigenvalue weighted by atomic mass is 9.95. The van der Waals surface area contributed by atoms with E-state index in [0.29, 0.717) is 28.9 Å². The molecule has 0 saturated carbocycles. The third-order valence-corrected chi connectivity index (χ3v) is 4.64. The van der Waals surface area contributed by atoms with Crippen molar-refractivity contribution >= 4 is 50.9 Å². The van der Waals surface area contributed by atoms with Crippen LogP contribution in [-0.4, -0.2) is 23.7 Å². The minimum atomic E-state index is -0.514. The van der Waals surface area contributed by atoms with Crippen molar-refractivity contribution in [3.63, 3.8) is 0 Å². The zero-order chi connectivity index (χ0) is 21.8. The second kappa shape index (κ2) is 8.91. The minimum absolute atomic E-state index is 0.222. The first kappa shape index (κ1) is 21.3. The van der Waals surface area contributed by atoms with Crippen LogP contribution < -0.4 is 20.7 Å². The largest absolute Gasteiger partial charge is 0.424 e. The van der Waals surface area contributed by atoms with Crippen molar-refractivity contribution < 1.29 is 23.9 Å². The van der Waals surface area contributed by atoms with Crippen LogP contribution in [0.1, 0.15) is 35.3 Å². The highest BCUT2D eigenvalue weighted by molar-refractivity contribution is 9.10. The predicted molar refractivity (Wildman–Crippen MR) is 113 cm³/mol. The molecule has 0 fully saturated rings. The Kier molecular flexibility index (Phi) is 6.31. The molecular weight excluding hydrogens is 454 g/mol. The second-order valence-corrected chi connectivity index (χ2v) is 7.43. The van der Waals surface area contributed by atoms with E-state index in [4.69, 9.17) is 4.74 Å². The molecule has 3 amide bonds. The van der Waals surface area contributed by atoms with Crippen LogP contribution in [0.25, 0.3) is 5.57 Å². The smallest absolute Gasteiger partial charge is 0.308 e. The van der Waals surface area contributed by atoms with Crippen molar-refractivity contribution in [3.8, 4) is 5.75 Å². The second-order valence-electron chi connectivity index (χ2n) is 6.52. The van der Waals surface area contributed by atoms with Crippen molar-refractivity contribution in [2.24, 2.45) is 0 Å². The van der Waals surface area contributed by atoms with E-state index in [0.717, 1.165) is 10.0 Å². The third-order valence-electron chi connectivity index (χ3n) is 4.15. The van der Waals surface area contributed by atoms with Gasteiger partial charge in [0.1, 0.15) is 0 Å². The molecule has 0 saturated heterocycles. The normalized spacial score (nSPS) is 14.0. The lowest BCUT2D eigenvalue weighted by Gasteiger charge is -2.18. The Labute approximate surface area is 180 Å². The highest BCUT2D eigenvalue weighted by Crippen LogP contribution is 2.28. The van der Waals surface area contributed by atoms with E-state index < -0.39 is 17.8 Å². The van der Waals surface area contributed by atoms with Gasteiger partial charge in [0.2, 0.25) is 5.91 Å². The van der Waals surface area contributed by atoms with Crippen LogP contribution in [0.4, 0.5) is 5.69 Å². The van der Waals surface area contributed by atoms with E-state index in [9.17, 15) is 19.2 Å². The van der Waals surface area contributed by atoms with Gasteiger partial charge in [0.05, 0.1) is 11.3 Å². The number of carbonyl (C=O) groups is 4. The highest BCUT2D eigenvalue weighted by Gasteiger charge is 2.27. The number of imide groups is 1. The van der Waals surface area contributed by atoms with Gasteiger partial charge in [-0.25, -0.2) is 0 Å². The standard InChI is InChI=1S/C21H18BrN3O5/c1-11(26)24-18-6-3-13(7-19(18)30-12(2)27)9-23-10-17-16-8-14(22)4-5-15(16)20(28)25-21(17)29/h3-8,10,23H,9H2,1-2H3,(H,24,26)(H,25,28,29). The first-order chi connectivity index (χ1) is 14.2. The Morgan fingerprint density at radius 1 is 1.07 bits per heavy atom. The van der Waals surface area contributed by atoms with Gasteiger partial charge in [-0.3, -0.25) is 24.5 Å². The third kappa shape index (κ3) is 4.93. The van der Waals surface area contributed by atoms with Crippen molar-refractivity contribution in [2.45, 2.75) is 20.4 Å². The number of benzene rings is 2. The summed E-state index contributed by atoms with van der Waals surface area (Å²) in [7, 11) is 0. The summed E-state index contributed by atoms with van der Waals surface area (Å²) in [5, 5.41) is 7.95. The number of hydrogen-bond donors (Lipinski definition) is 3. The molecule has 8 nitrogen and oxygen atoms in total. The van der Waals surface area contributed by atoms with Crippen molar-refractivity contribution in [1.29, 1.82) is 0 Å². The lowest BCUT2D eigenvalue weighted by Crippen LogP contribution is -2.37. The van der Waals surface area contributed by atoms with Crippen LogP contribution in [0.2, 0.25) is 0 Å². The van der Waals surface area contributed by atoms with Crippen molar-refractivity contribution in [2.75, 3.05) is 5.32 Å². The van der Waals surface area contributed by atoms with E-state index in [1.165, 1.54) is 20.0 Å². The molecule has 30 heavy (non-hydrogen) atoms. The molecule has 0 atom stereocenters. The van der Waals surface area contributed by atoms with Gasteiger partial charge >= 0.3 is 5.97 Å². The van der Waals surface area contributed by atoms with Gasteiger partial charge in [-0.2, -0.15) is 0 Å². The molecule has 2 aromatic carbocycles. The maximum Gasteiger partial charge on any atom is 0.308 e. The molecule has 1 heterocycles. The molecule has 0 unspecified atom stereocenters. The van der Waals surface area contributed by atoms with Crippen molar-refractivity contribution in [3.05, 3.63) is 63.8 Å². The van der Waals surface area contributed by atoms with Crippen LogP contribution >= 0.6 is 15.9 Å². The summed E-state index contributed by atoms with van der Waals surface area (Å²) >= 11 is 3.35. The fourth-order valence-electron chi connectivity index (χ4n) is 2.92. The molecule has 2 aromatic rings. The van der Waals surface area contributed by atoms with Crippen LogP contribution in [-0.2, 0) is 20.9 Å². The van der Waals surface area contributed by atoms with Gasteiger partial charge in [0.15, 0.2) is 5.75 Å². The molecular formula is C21H18BrN3O5. The summed E-state index contributed by atoms with van der Waals surface area (Å²) in [6.07, 6.45) is 1.53. The average Bonchev–Trinajstić information content (AvgIpc) is 2.65. The Bertz CT molecular complexity index is 1090. The zero-order valence-electron chi connectivity index (χ0n) is 16.2. The molecule has 9 heteroatoms. The fourth-order valence-corrected chi connectivity index (χ4v) is 3.28.